The minimum absolute atomic E-state index is 0.0756. The van der Waals surface area contributed by atoms with Crippen molar-refractivity contribution in [3.63, 3.8) is 0 Å². The van der Waals surface area contributed by atoms with Crippen molar-refractivity contribution in [2.45, 2.75) is 46.5 Å². The topological polar surface area (TPSA) is 33.2 Å². The molecule has 0 radical (unpaired) electrons. The highest BCUT2D eigenvalue weighted by Gasteiger charge is 2.28. The smallest absolute Gasteiger partial charge is 0.254 e. The molecular weight excluding hydrogens is 272 g/mol. The van der Waals surface area contributed by atoms with Crippen molar-refractivity contribution in [3.8, 4) is 0 Å². The van der Waals surface area contributed by atoms with Crippen LogP contribution in [0.1, 0.15) is 62.5 Å². The van der Waals surface area contributed by atoms with Gasteiger partial charge in [0.1, 0.15) is 5.15 Å². The molecule has 0 unspecified atom stereocenters. The highest BCUT2D eigenvalue weighted by atomic mass is 35.5. The Bertz CT molecular complexity index is 501. The van der Waals surface area contributed by atoms with E-state index < -0.39 is 0 Å². The molecule has 0 N–H and O–H groups in total. The predicted octanol–water partition coefficient (Wildman–Crippen LogP) is 4.12. The number of hydrogen-bond acceptors (Lipinski definition) is 2. The molecule has 2 heterocycles. The van der Waals surface area contributed by atoms with Crippen molar-refractivity contribution >= 4 is 17.5 Å². The fraction of sp³-hybridized carbons (Fsp3) is 0.625. The van der Waals surface area contributed by atoms with E-state index in [1.807, 2.05) is 11.0 Å². The van der Waals surface area contributed by atoms with Crippen LogP contribution in [0.2, 0.25) is 5.15 Å². The fourth-order valence-electron chi connectivity index (χ4n) is 2.43. The lowest BCUT2D eigenvalue weighted by Gasteiger charge is -2.37. The van der Waals surface area contributed by atoms with Gasteiger partial charge in [-0.1, -0.05) is 39.3 Å². The SMILES string of the molecule is CC(C)c1cc(C(=O)N2CCC(C)(C)CC2)cc(Cl)n1. The molecule has 2 rings (SSSR count). The Kier molecular flexibility index (Phi) is 4.38. The molecule has 1 aliphatic rings. The molecule has 1 amide bonds. The summed E-state index contributed by atoms with van der Waals surface area (Å²) in [6.07, 6.45) is 2.10. The molecule has 0 bridgehead atoms. The molecule has 1 aromatic rings. The van der Waals surface area contributed by atoms with E-state index >= 15 is 0 Å². The van der Waals surface area contributed by atoms with Crippen LogP contribution in [0, 0.1) is 5.41 Å². The maximum absolute atomic E-state index is 12.6. The van der Waals surface area contributed by atoms with Crippen molar-refractivity contribution in [1.82, 2.24) is 9.88 Å². The van der Waals surface area contributed by atoms with Gasteiger partial charge in [0, 0.05) is 24.3 Å². The van der Waals surface area contributed by atoms with Crippen LogP contribution < -0.4 is 0 Å². The Morgan fingerprint density at radius 3 is 2.45 bits per heavy atom. The van der Waals surface area contributed by atoms with Gasteiger partial charge in [-0.15, -0.1) is 0 Å². The molecule has 1 saturated heterocycles. The number of halogens is 1. The van der Waals surface area contributed by atoms with E-state index in [1.165, 1.54) is 0 Å². The Morgan fingerprint density at radius 1 is 1.30 bits per heavy atom. The van der Waals surface area contributed by atoms with E-state index in [9.17, 15) is 4.79 Å². The summed E-state index contributed by atoms with van der Waals surface area (Å²) in [6, 6.07) is 3.55. The molecular formula is C16H23ClN2O. The summed E-state index contributed by atoms with van der Waals surface area (Å²) >= 11 is 6.04. The molecule has 1 aromatic heterocycles. The summed E-state index contributed by atoms with van der Waals surface area (Å²) in [6.45, 7) is 10.3. The van der Waals surface area contributed by atoms with Crippen LogP contribution in [0.25, 0.3) is 0 Å². The van der Waals surface area contributed by atoms with Gasteiger partial charge in [0.2, 0.25) is 0 Å². The molecule has 110 valence electrons. The number of nitrogens with zero attached hydrogens (tertiary/aromatic N) is 2. The first-order chi connectivity index (χ1) is 9.28. The summed E-state index contributed by atoms with van der Waals surface area (Å²) < 4.78 is 0. The largest absolute Gasteiger partial charge is 0.339 e. The third kappa shape index (κ3) is 3.51. The van der Waals surface area contributed by atoms with Crippen LogP contribution in [-0.2, 0) is 0 Å². The first-order valence-corrected chi connectivity index (χ1v) is 7.63. The average molecular weight is 295 g/mol. The zero-order valence-electron chi connectivity index (χ0n) is 12.7. The van der Waals surface area contributed by atoms with E-state index in [2.05, 4.69) is 32.7 Å². The molecule has 0 spiro atoms. The molecule has 0 aromatic carbocycles. The van der Waals surface area contributed by atoms with Gasteiger partial charge in [0.15, 0.2) is 0 Å². The second-order valence-corrected chi connectivity index (χ2v) is 7.10. The molecule has 4 heteroatoms. The molecule has 0 atom stereocenters. The van der Waals surface area contributed by atoms with Crippen LogP contribution in [0.3, 0.4) is 0 Å². The minimum Gasteiger partial charge on any atom is -0.339 e. The Morgan fingerprint density at radius 2 is 1.90 bits per heavy atom. The van der Waals surface area contributed by atoms with Crippen molar-refractivity contribution in [2.75, 3.05) is 13.1 Å². The molecule has 20 heavy (non-hydrogen) atoms. The van der Waals surface area contributed by atoms with E-state index in [0.717, 1.165) is 31.6 Å². The van der Waals surface area contributed by atoms with Crippen LogP contribution >= 0.6 is 11.6 Å². The van der Waals surface area contributed by atoms with Gasteiger partial charge in [-0.3, -0.25) is 4.79 Å². The Labute approximate surface area is 126 Å². The molecule has 3 nitrogen and oxygen atoms in total. The number of pyridine rings is 1. The average Bonchev–Trinajstić information content (AvgIpc) is 2.37. The summed E-state index contributed by atoms with van der Waals surface area (Å²) in [5, 5.41) is 0.400. The molecule has 0 saturated carbocycles. The number of piperidine rings is 1. The van der Waals surface area contributed by atoms with Gasteiger partial charge in [0.25, 0.3) is 5.91 Å². The fourth-order valence-corrected chi connectivity index (χ4v) is 2.65. The highest BCUT2D eigenvalue weighted by molar-refractivity contribution is 6.29. The Balaban J connectivity index is 2.17. The maximum atomic E-state index is 12.6. The van der Waals surface area contributed by atoms with E-state index in [4.69, 9.17) is 11.6 Å². The van der Waals surface area contributed by atoms with Crippen LogP contribution in [0.5, 0.6) is 0 Å². The second kappa shape index (κ2) is 5.72. The van der Waals surface area contributed by atoms with Crippen molar-refractivity contribution < 1.29 is 4.79 Å². The van der Waals surface area contributed by atoms with Crippen molar-refractivity contribution in [3.05, 3.63) is 28.5 Å². The van der Waals surface area contributed by atoms with Crippen molar-refractivity contribution in [1.29, 1.82) is 0 Å². The first kappa shape index (κ1) is 15.3. The number of carbonyl (C=O) groups is 1. The molecule has 1 fully saturated rings. The quantitative estimate of drug-likeness (QED) is 0.769. The van der Waals surface area contributed by atoms with E-state index in [0.29, 0.717) is 16.1 Å². The van der Waals surface area contributed by atoms with Crippen LogP contribution in [0.15, 0.2) is 12.1 Å². The van der Waals surface area contributed by atoms with Gasteiger partial charge in [-0.25, -0.2) is 4.98 Å². The Hall–Kier alpha value is -1.09. The molecule has 0 aliphatic carbocycles. The predicted molar refractivity (Wildman–Crippen MR) is 82.3 cm³/mol. The summed E-state index contributed by atoms with van der Waals surface area (Å²) in [5.74, 6) is 0.340. The third-order valence-corrected chi connectivity index (χ3v) is 4.25. The number of carbonyl (C=O) groups excluding carboxylic acids is 1. The van der Waals surface area contributed by atoms with Crippen molar-refractivity contribution in [2.24, 2.45) is 5.41 Å². The lowest BCUT2D eigenvalue weighted by Crippen LogP contribution is -2.41. The molecule has 1 aliphatic heterocycles. The number of rotatable bonds is 2. The normalized spacial score (nSPS) is 18.4. The number of aromatic nitrogens is 1. The maximum Gasteiger partial charge on any atom is 0.254 e. The standard InChI is InChI=1S/C16H23ClN2O/c1-11(2)13-9-12(10-14(17)18-13)15(20)19-7-5-16(3,4)6-8-19/h9-11H,5-8H2,1-4H3. The minimum atomic E-state index is 0.0756. The second-order valence-electron chi connectivity index (χ2n) is 6.71. The lowest BCUT2D eigenvalue weighted by molar-refractivity contribution is 0.0630. The van der Waals surface area contributed by atoms with Gasteiger partial charge in [-0.05, 0) is 36.3 Å². The van der Waals surface area contributed by atoms with E-state index in [1.54, 1.807) is 6.07 Å². The first-order valence-electron chi connectivity index (χ1n) is 7.25. The van der Waals surface area contributed by atoms with Crippen LogP contribution in [0.4, 0.5) is 0 Å². The number of amides is 1. The van der Waals surface area contributed by atoms with E-state index in [-0.39, 0.29) is 11.8 Å². The van der Waals surface area contributed by atoms with Crippen LogP contribution in [-0.4, -0.2) is 28.9 Å². The summed E-state index contributed by atoms with van der Waals surface area (Å²) in [7, 11) is 0. The van der Waals surface area contributed by atoms with Gasteiger partial charge in [0.05, 0.1) is 0 Å². The third-order valence-electron chi connectivity index (χ3n) is 4.06. The zero-order chi connectivity index (χ0) is 14.9. The van der Waals surface area contributed by atoms with Gasteiger partial charge >= 0.3 is 0 Å². The van der Waals surface area contributed by atoms with Gasteiger partial charge < -0.3 is 4.90 Å². The zero-order valence-corrected chi connectivity index (χ0v) is 13.5. The van der Waals surface area contributed by atoms with Gasteiger partial charge in [-0.2, -0.15) is 0 Å². The summed E-state index contributed by atoms with van der Waals surface area (Å²) in [4.78, 5) is 18.8. The highest BCUT2D eigenvalue weighted by Crippen LogP contribution is 2.30. The number of hydrogen-bond donors (Lipinski definition) is 0. The monoisotopic (exact) mass is 294 g/mol. The lowest BCUT2D eigenvalue weighted by atomic mass is 9.82. The summed E-state index contributed by atoms with van der Waals surface area (Å²) in [5.41, 5.74) is 1.88. The number of likely N-dealkylation sites (tertiary alicyclic amines) is 1.